The Bertz CT molecular complexity index is 1330. The minimum atomic E-state index is -0.315. The smallest absolute Gasteiger partial charge is 0.344 e. The van der Waals surface area contributed by atoms with Gasteiger partial charge in [0, 0.05) is 5.39 Å². The van der Waals surface area contributed by atoms with E-state index in [0.717, 1.165) is 32.8 Å². The van der Waals surface area contributed by atoms with E-state index in [4.69, 9.17) is 4.42 Å². The predicted molar refractivity (Wildman–Crippen MR) is 111 cm³/mol. The van der Waals surface area contributed by atoms with Gasteiger partial charge in [0.15, 0.2) is 0 Å². The molecule has 1 aromatic heterocycles. The van der Waals surface area contributed by atoms with Gasteiger partial charge in [-0.3, -0.25) is 0 Å². The summed E-state index contributed by atoms with van der Waals surface area (Å²) in [5.74, 6) is 0. The first-order valence-electron chi connectivity index (χ1n) is 8.90. The SMILES string of the molecule is O=c1oc2ccc(-c3ccccc3)cc2cc1-c1ccc2ccccc2c1. The van der Waals surface area contributed by atoms with Gasteiger partial charge < -0.3 is 4.42 Å². The maximum Gasteiger partial charge on any atom is 0.344 e. The summed E-state index contributed by atoms with van der Waals surface area (Å²) in [4.78, 5) is 12.6. The molecule has 27 heavy (non-hydrogen) atoms. The Morgan fingerprint density at radius 2 is 1.22 bits per heavy atom. The third-order valence-electron chi connectivity index (χ3n) is 4.90. The van der Waals surface area contributed by atoms with Crippen LogP contribution in [-0.2, 0) is 0 Å². The molecular weight excluding hydrogens is 332 g/mol. The Balaban J connectivity index is 1.69. The molecule has 0 unspecified atom stereocenters. The average molecular weight is 348 g/mol. The standard InChI is InChI=1S/C25H16O2/c26-25-23(21-11-10-18-8-4-5-9-19(18)14-21)16-22-15-20(12-13-24(22)27-25)17-6-2-1-3-7-17/h1-16H. The zero-order chi connectivity index (χ0) is 18.2. The lowest BCUT2D eigenvalue weighted by Gasteiger charge is -2.07. The van der Waals surface area contributed by atoms with Gasteiger partial charge >= 0.3 is 5.63 Å². The third-order valence-corrected chi connectivity index (χ3v) is 4.90. The molecule has 0 aliphatic heterocycles. The summed E-state index contributed by atoms with van der Waals surface area (Å²) < 4.78 is 5.59. The fraction of sp³-hybridized carbons (Fsp3) is 0. The summed E-state index contributed by atoms with van der Waals surface area (Å²) in [5.41, 5.74) is 3.97. The molecule has 0 spiro atoms. The van der Waals surface area contributed by atoms with E-state index >= 15 is 0 Å². The van der Waals surface area contributed by atoms with Crippen molar-refractivity contribution in [3.63, 3.8) is 0 Å². The highest BCUT2D eigenvalue weighted by Crippen LogP contribution is 2.28. The summed E-state index contributed by atoms with van der Waals surface area (Å²) >= 11 is 0. The van der Waals surface area contributed by atoms with Crippen molar-refractivity contribution < 1.29 is 4.42 Å². The van der Waals surface area contributed by atoms with E-state index in [1.165, 1.54) is 0 Å². The number of hydrogen-bond acceptors (Lipinski definition) is 2. The molecule has 0 saturated carbocycles. The summed E-state index contributed by atoms with van der Waals surface area (Å²) in [6, 6.07) is 32.2. The van der Waals surface area contributed by atoms with Gasteiger partial charge in [0.25, 0.3) is 0 Å². The molecule has 0 saturated heterocycles. The van der Waals surface area contributed by atoms with Crippen LogP contribution in [0.3, 0.4) is 0 Å². The van der Waals surface area contributed by atoms with Crippen molar-refractivity contribution in [2.75, 3.05) is 0 Å². The molecule has 0 atom stereocenters. The number of benzene rings is 4. The highest BCUT2D eigenvalue weighted by molar-refractivity contribution is 5.90. The molecule has 2 heteroatoms. The van der Waals surface area contributed by atoms with Gasteiger partial charge in [-0.25, -0.2) is 4.79 Å². The van der Waals surface area contributed by atoms with Crippen molar-refractivity contribution >= 4 is 21.7 Å². The largest absolute Gasteiger partial charge is 0.422 e. The van der Waals surface area contributed by atoms with Crippen molar-refractivity contribution in [1.82, 2.24) is 0 Å². The van der Waals surface area contributed by atoms with Gasteiger partial charge in [0.05, 0.1) is 5.56 Å². The van der Waals surface area contributed by atoms with E-state index in [2.05, 4.69) is 30.3 Å². The summed E-state index contributed by atoms with van der Waals surface area (Å²) in [5, 5.41) is 3.17. The average Bonchev–Trinajstić information content (AvgIpc) is 2.73. The second-order valence-corrected chi connectivity index (χ2v) is 6.63. The molecule has 0 N–H and O–H groups in total. The van der Waals surface area contributed by atoms with E-state index in [1.54, 1.807) is 0 Å². The third kappa shape index (κ3) is 2.81. The van der Waals surface area contributed by atoms with Gasteiger partial charge in [0.1, 0.15) is 5.58 Å². The lowest BCUT2D eigenvalue weighted by Crippen LogP contribution is -2.02. The molecule has 1 heterocycles. The molecule has 0 aliphatic rings. The summed E-state index contributed by atoms with van der Waals surface area (Å²) in [6.07, 6.45) is 0. The maximum atomic E-state index is 12.6. The molecule has 0 bridgehead atoms. The van der Waals surface area contributed by atoms with Crippen LogP contribution in [-0.4, -0.2) is 0 Å². The molecule has 2 nitrogen and oxygen atoms in total. The molecule has 0 fully saturated rings. The molecular formula is C25H16O2. The maximum absolute atomic E-state index is 12.6. The molecule has 4 aromatic carbocycles. The first-order chi connectivity index (χ1) is 13.3. The van der Waals surface area contributed by atoms with Crippen LogP contribution >= 0.6 is 0 Å². The van der Waals surface area contributed by atoms with E-state index < -0.39 is 0 Å². The van der Waals surface area contributed by atoms with Crippen molar-refractivity contribution in [1.29, 1.82) is 0 Å². The van der Waals surface area contributed by atoms with Crippen LogP contribution in [0.15, 0.2) is 106 Å². The van der Waals surface area contributed by atoms with Crippen molar-refractivity contribution in [2.24, 2.45) is 0 Å². The highest BCUT2D eigenvalue weighted by atomic mass is 16.4. The van der Waals surface area contributed by atoms with Gasteiger partial charge in [-0.1, -0.05) is 72.8 Å². The summed E-state index contributed by atoms with van der Waals surface area (Å²) in [6.45, 7) is 0. The van der Waals surface area contributed by atoms with Crippen LogP contribution in [0.1, 0.15) is 0 Å². The van der Waals surface area contributed by atoms with E-state index in [1.807, 2.05) is 66.7 Å². The fourth-order valence-electron chi connectivity index (χ4n) is 3.49. The highest BCUT2D eigenvalue weighted by Gasteiger charge is 2.09. The number of hydrogen-bond donors (Lipinski definition) is 0. The lowest BCUT2D eigenvalue weighted by atomic mass is 10.00. The van der Waals surface area contributed by atoms with E-state index in [-0.39, 0.29) is 5.63 Å². The second-order valence-electron chi connectivity index (χ2n) is 6.63. The first-order valence-corrected chi connectivity index (χ1v) is 8.90. The number of rotatable bonds is 2. The van der Waals surface area contributed by atoms with Crippen LogP contribution in [0.4, 0.5) is 0 Å². The Morgan fingerprint density at radius 3 is 2.07 bits per heavy atom. The Hall–Kier alpha value is -3.65. The Kier molecular flexibility index (Phi) is 3.61. The molecule has 0 radical (unpaired) electrons. The van der Waals surface area contributed by atoms with Crippen molar-refractivity contribution in [3.8, 4) is 22.3 Å². The second kappa shape index (κ2) is 6.26. The fourth-order valence-corrected chi connectivity index (χ4v) is 3.49. The molecule has 0 aliphatic carbocycles. The monoisotopic (exact) mass is 348 g/mol. The molecule has 128 valence electrons. The Labute approximate surface area is 156 Å². The number of fused-ring (bicyclic) bond motifs is 2. The van der Waals surface area contributed by atoms with E-state index in [0.29, 0.717) is 11.1 Å². The topological polar surface area (TPSA) is 30.2 Å². The van der Waals surface area contributed by atoms with Gasteiger partial charge in [-0.05, 0) is 51.7 Å². The zero-order valence-electron chi connectivity index (χ0n) is 14.6. The van der Waals surface area contributed by atoms with Crippen LogP contribution in [0.25, 0.3) is 44.0 Å². The Morgan fingerprint density at radius 1 is 0.519 bits per heavy atom. The quantitative estimate of drug-likeness (QED) is 0.351. The van der Waals surface area contributed by atoms with Gasteiger partial charge in [0.2, 0.25) is 0 Å². The molecule has 5 rings (SSSR count). The van der Waals surface area contributed by atoms with Crippen molar-refractivity contribution in [2.45, 2.75) is 0 Å². The zero-order valence-corrected chi connectivity index (χ0v) is 14.6. The molecule has 0 amide bonds. The van der Waals surface area contributed by atoms with Crippen LogP contribution in [0, 0.1) is 0 Å². The first kappa shape index (κ1) is 15.6. The summed E-state index contributed by atoms with van der Waals surface area (Å²) in [7, 11) is 0. The normalized spacial score (nSPS) is 11.1. The minimum Gasteiger partial charge on any atom is -0.422 e. The van der Waals surface area contributed by atoms with E-state index in [9.17, 15) is 4.79 Å². The van der Waals surface area contributed by atoms with Crippen LogP contribution in [0.2, 0.25) is 0 Å². The predicted octanol–water partition coefficient (Wildman–Crippen LogP) is 6.28. The van der Waals surface area contributed by atoms with Crippen molar-refractivity contribution in [3.05, 3.63) is 107 Å². The minimum absolute atomic E-state index is 0.315. The lowest BCUT2D eigenvalue weighted by molar-refractivity contribution is 0.563. The molecule has 5 aromatic rings. The van der Waals surface area contributed by atoms with Gasteiger partial charge in [-0.15, -0.1) is 0 Å². The van der Waals surface area contributed by atoms with Gasteiger partial charge in [-0.2, -0.15) is 0 Å². The van der Waals surface area contributed by atoms with Crippen LogP contribution < -0.4 is 5.63 Å². The van der Waals surface area contributed by atoms with Crippen LogP contribution in [0.5, 0.6) is 0 Å².